The van der Waals surface area contributed by atoms with E-state index < -0.39 is 5.41 Å². The third kappa shape index (κ3) is 4.25. The van der Waals surface area contributed by atoms with Crippen LogP contribution < -0.4 is 10.1 Å². The molecule has 2 saturated heterocycles. The number of rotatable bonds is 5. The highest BCUT2D eigenvalue weighted by molar-refractivity contribution is 5.94. The van der Waals surface area contributed by atoms with Crippen LogP contribution in [0.15, 0.2) is 24.3 Å². The van der Waals surface area contributed by atoms with E-state index in [4.69, 9.17) is 9.47 Å². The quantitative estimate of drug-likeness (QED) is 0.831. The van der Waals surface area contributed by atoms with Crippen LogP contribution in [0.5, 0.6) is 5.75 Å². The van der Waals surface area contributed by atoms with Gasteiger partial charge in [-0.25, -0.2) is 0 Å². The number of carbonyl (C=O) groups is 2. The Labute approximate surface area is 160 Å². The van der Waals surface area contributed by atoms with Crippen molar-refractivity contribution in [1.29, 1.82) is 0 Å². The van der Waals surface area contributed by atoms with E-state index in [1.807, 2.05) is 9.80 Å². The number of amides is 2. The summed E-state index contributed by atoms with van der Waals surface area (Å²) in [5.41, 5.74) is 0.215. The topological polar surface area (TPSA) is 71.1 Å². The zero-order chi connectivity index (χ0) is 19.3. The third-order valence-electron chi connectivity index (χ3n) is 5.63. The number of methoxy groups -OCH3 is 2. The summed E-state index contributed by atoms with van der Waals surface area (Å²) >= 11 is 0. The summed E-state index contributed by atoms with van der Waals surface area (Å²) in [4.78, 5) is 29.6. The number of nitrogens with zero attached hydrogens (tertiary/aromatic N) is 2. The van der Waals surface area contributed by atoms with Crippen molar-refractivity contribution in [3.63, 3.8) is 0 Å². The summed E-state index contributed by atoms with van der Waals surface area (Å²) in [6.07, 6.45) is 1.59. The number of piperazine rings is 1. The van der Waals surface area contributed by atoms with E-state index in [-0.39, 0.29) is 11.8 Å². The number of carbonyl (C=O) groups excluding carboxylic acids is 2. The highest BCUT2D eigenvalue weighted by Gasteiger charge is 2.43. The lowest BCUT2D eigenvalue weighted by molar-refractivity contribution is -0.149. The van der Waals surface area contributed by atoms with Gasteiger partial charge in [0, 0.05) is 38.9 Å². The number of nitrogens with one attached hydrogen (secondary N) is 1. The summed E-state index contributed by atoms with van der Waals surface area (Å²) in [7, 11) is 3.26. The van der Waals surface area contributed by atoms with Crippen LogP contribution in [0.4, 0.5) is 0 Å². The second-order valence-electron chi connectivity index (χ2n) is 7.28. The molecule has 2 aliphatic heterocycles. The van der Waals surface area contributed by atoms with Gasteiger partial charge in [-0.2, -0.15) is 0 Å². The van der Waals surface area contributed by atoms with Crippen molar-refractivity contribution in [2.24, 2.45) is 5.41 Å². The number of benzene rings is 1. The summed E-state index contributed by atoms with van der Waals surface area (Å²) < 4.78 is 10.5. The van der Waals surface area contributed by atoms with Crippen LogP contribution in [0.3, 0.4) is 0 Å². The molecule has 0 saturated carbocycles. The predicted octanol–water partition coefficient (Wildman–Crippen LogP) is 0.996. The van der Waals surface area contributed by atoms with E-state index in [0.29, 0.717) is 38.3 Å². The molecule has 0 aliphatic carbocycles. The summed E-state index contributed by atoms with van der Waals surface area (Å²) in [5, 5.41) is 3.32. The first kappa shape index (κ1) is 19.6. The van der Waals surface area contributed by atoms with Crippen molar-refractivity contribution in [1.82, 2.24) is 15.1 Å². The zero-order valence-corrected chi connectivity index (χ0v) is 16.2. The average molecular weight is 375 g/mol. The van der Waals surface area contributed by atoms with Gasteiger partial charge >= 0.3 is 0 Å². The Kier molecular flexibility index (Phi) is 6.34. The Hall–Kier alpha value is -2.12. The standard InChI is InChI=1S/C20H29N3O4/c1-26-15-20(7-9-21-10-8-20)19(25)23-13-11-22(12-14-23)18(24)16-3-5-17(27-2)6-4-16/h3-6,21H,7-15H2,1-2H3. The van der Waals surface area contributed by atoms with Gasteiger partial charge < -0.3 is 24.6 Å². The maximum atomic E-state index is 13.2. The lowest BCUT2D eigenvalue weighted by Crippen LogP contribution is -2.57. The molecule has 0 aromatic heterocycles. The van der Waals surface area contributed by atoms with E-state index in [1.165, 1.54) is 0 Å². The summed E-state index contributed by atoms with van der Waals surface area (Å²) in [6.45, 7) is 4.38. The predicted molar refractivity (Wildman–Crippen MR) is 102 cm³/mol. The molecule has 2 heterocycles. The fourth-order valence-electron chi connectivity index (χ4n) is 3.97. The molecule has 0 radical (unpaired) electrons. The zero-order valence-electron chi connectivity index (χ0n) is 16.2. The minimum absolute atomic E-state index is 0.00165. The van der Waals surface area contributed by atoms with Crippen LogP contribution in [-0.4, -0.2) is 81.7 Å². The average Bonchev–Trinajstić information content (AvgIpc) is 2.74. The van der Waals surface area contributed by atoms with Gasteiger partial charge in [0.1, 0.15) is 5.75 Å². The normalized spacial score (nSPS) is 19.6. The van der Waals surface area contributed by atoms with Crippen LogP contribution in [0.25, 0.3) is 0 Å². The lowest BCUT2D eigenvalue weighted by Gasteiger charge is -2.42. The van der Waals surface area contributed by atoms with E-state index in [0.717, 1.165) is 31.7 Å². The van der Waals surface area contributed by atoms with Crippen molar-refractivity contribution >= 4 is 11.8 Å². The molecule has 1 aromatic carbocycles. The molecule has 1 N–H and O–H groups in total. The highest BCUT2D eigenvalue weighted by Crippen LogP contribution is 2.32. The lowest BCUT2D eigenvalue weighted by atomic mass is 9.78. The molecular formula is C20H29N3O4. The SMILES string of the molecule is COCC1(C(=O)N2CCN(C(=O)c3ccc(OC)cc3)CC2)CCNCC1. The molecule has 7 heteroatoms. The van der Waals surface area contributed by atoms with Crippen LogP contribution >= 0.6 is 0 Å². The monoisotopic (exact) mass is 375 g/mol. The van der Waals surface area contributed by atoms with Crippen LogP contribution in [0.2, 0.25) is 0 Å². The molecule has 2 fully saturated rings. The number of hydrogen-bond acceptors (Lipinski definition) is 5. The van der Waals surface area contributed by atoms with E-state index >= 15 is 0 Å². The number of hydrogen-bond donors (Lipinski definition) is 1. The van der Waals surface area contributed by atoms with Gasteiger partial charge in [0.25, 0.3) is 5.91 Å². The van der Waals surface area contributed by atoms with Crippen molar-refractivity contribution < 1.29 is 19.1 Å². The van der Waals surface area contributed by atoms with E-state index in [2.05, 4.69) is 5.32 Å². The van der Waals surface area contributed by atoms with Gasteiger partial charge in [-0.1, -0.05) is 0 Å². The first-order chi connectivity index (χ1) is 13.1. The van der Waals surface area contributed by atoms with Gasteiger partial charge in [0.2, 0.25) is 5.91 Å². The van der Waals surface area contributed by atoms with Crippen molar-refractivity contribution in [2.45, 2.75) is 12.8 Å². The molecule has 0 spiro atoms. The van der Waals surface area contributed by atoms with Crippen LogP contribution in [0, 0.1) is 5.41 Å². The molecule has 7 nitrogen and oxygen atoms in total. The van der Waals surface area contributed by atoms with E-state index in [9.17, 15) is 9.59 Å². The maximum absolute atomic E-state index is 13.2. The Balaban J connectivity index is 1.60. The molecule has 0 unspecified atom stereocenters. The van der Waals surface area contributed by atoms with Gasteiger partial charge in [-0.05, 0) is 50.2 Å². The second kappa shape index (κ2) is 8.71. The third-order valence-corrected chi connectivity index (χ3v) is 5.63. The van der Waals surface area contributed by atoms with Gasteiger partial charge in [0.15, 0.2) is 0 Å². The molecule has 27 heavy (non-hydrogen) atoms. The molecule has 1 aromatic rings. The minimum Gasteiger partial charge on any atom is -0.497 e. The van der Waals surface area contributed by atoms with Crippen molar-refractivity contribution in [3.8, 4) is 5.75 Å². The van der Waals surface area contributed by atoms with Gasteiger partial charge in [0.05, 0.1) is 19.1 Å². The molecule has 0 atom stereocenters. The molecule has 2 aliphatic rings. The first-order valence-corrected chi connectivity index (χ1v) is 9.52. The van der Waals surface area contributed by atoms with Crippen molar-refractivity contribution in [3.05, 3.63) is 29.8 Å². The number of piperidine rings is 1. The molecular weight excluding hydrogens is 346 g/mol. The molecule has 2 amide bonds. The van der Waals surface area contributed by atoms with Gasteiger partial charge in [-0.3, -0.25) is 9.59 Å². The van der Waals surface area contributed by atoms with Gasteiger partial charge in [-0.15, -0.1) is 0 Å². The van der Waals surface area contributed by atoms with E-state index in [1.54, 1.807) is 38.5 Å². The van der Waals surface area contributed by atoms with Crippen molar-refractivity contribution in [2.75, 3.05) is 60.1 Å². The number of ether oxygens (including phenoxy) is 2. The van der Waals surface area contributed by atoms with Crippen LogP contribution in [-0.2, 0) is 9.53 Å². The second-order valence-corrected chi connectivity index (χ2v) is 7.28. The summed E-state index contributed by atoms with van der Waals surface area (Å²) in [5.74, 6) is 0.896. The Bertz CT molecular complexity index is 642. The maximum Gasteiger partial charge on any atom is 0.253 e. The fourth-order valence-corrected chi connectivity index (χ4v) is 3.97. The Morgan fingerprint density at radius 2 is 1.59 bits per heavy atom. The first-order valence-electron chi connectivity index (χ1n) is 9.52. The molecule has 3 rings (SSSR count). The molecule has 0 bridgehead atoms. The van der Waals surface area contributed by atoms with Crippen LogP contribution in [0.1, 0.15) is 23.2 Å². The summed E-state index contributed by atoms with van der Waals surface area (Å²) in [6, 6.07) is 7.14. The largest absolute Gasteiger partial charge is 0.497 e. The fraction of sp³-hybridized carbons (Fsp3) is 0.600. The molecule has 148 valence electrons. The highest BCUT2D eigenvalue weighted by atomic mass is 16.5. The minimum atomic E-state index is -0.428. The Morgan fingerprint density at radius 1 is 1.00 bits per heavy atom. The Morgan fingerprint density at radius 3 is 2.15 bits per heavy atom. The smallest absolute Gasteiger partial charge is 0.253 e.